The highest BCUT2D eigenvalue weighted by molar-refractivity contribution is 6.33. The fourth-order valence-electron chi connectivity index (χ4n) is 3.84. The van der Waals surface area contributed by atoms with E-state index in [1.54, 1.807) is 0 Å². The first-order chi connectivity index (χ1) is 12.3. The third-order valence-corrected chi connectivity index (χ3v) is 5.60. The van der Waals surface area contributed by atoms with Gasteiger partial charge in [-0.2, -0.15) is 13.2 Å². The number of alkyl halides is 3. The number of pyridine rings is 1. The van der Waals surface area contributed by atoms with Gasteiger partial charge in [0.25, 0.3) is 0 Å². The van der Waals surface area contributed by atoms with Crippen molar-refractivity contribution in [2.24, 2.45) is 17.6 Å². The Kier molecular flexibility index (Phi) is 9.12. The molecule has 0 radical (unpaired) electrons. The van der Waals surface area contributed by atoms with E-state index in [0.29, 0.717) is 38.5 Å². The molecule has 0 spiro atoms. The molecule has 0 aromatic carbocycles. The van der Waals surface area contributed by atoms with Gasteiger partial charge in [-0.1, -0.05) is 18.0 Å². The van der Waals surface area contributed by atoms with Gasteiger partial charge in [0.15, 0.2) is 0 Å². The minimum Gasteiger partial charge on any atom is -0.352 e. The predicted molar refractivity (Wildman–Crippen MR) is 107 cm³/mol. The van der Waals surface area contributed by atoms with E-state index >= 15 is 0 Å². The van der Waals surface area contributed by atoms with Crippen LogP contribution in [0, 0.1) is 11.8 Å². The molecule has 0 unspecified atom stereocenters. The molecule has 2 aliphatic rings. The van der Waals surface area contributed by atoms with Gasteiger partial charge in [-0.15, -0.1) is 24.8 Å². The van der Waals surface area contributed by atoms with Gasteiger partial charge in [-0.25, -0.2) is 4.98 Å². The van der Waals surface area contributed by atoms with Crippen LogP contribution in [-0.2, 0) is 11.0 Å². The molecular formula is C17H24Cl3F3N4O. The lowest BCUT2D eigenvalue weighted by Crippen LogP contribution is -2.51. The number of carbonyl (C=O) groups excluding carboxylic acids is 1. The fourth-order valence-corrected chi connectivity index (χ4v) is 4.12. The van der Waals surface area contributed by atoms with Crippen LogP contribution in [0.5, 0.6) is 0 Å². The Morgan fingerprint density at radius 1 is 1.21 bits per heavy atom. The summed E-state index contributed by atoms with van der Waals surface area (Å²) in [5, 5.41) is -0.0291. The number of nitrogens with zero attached hydrogens (tertiary/aromatic N) is 3. The number of anilines is 1. The number of piperazine rings is 1. The van der Waals surface area contributed by atoms with Crippen LogP contribution in [0.15, 0.2) is 12.3 Å². The van der Waals surface area contributed by atoms with E-state index in [0.717, 1.165) is 31.5 Å². The second-order valence-corrected chi connectivity index (χ2v) is 7.28. The van der Waals surface area contributed by atoms with Crippen molar-refractivity contribution in [3.8, 4) is 0 Å². The standard InChI is InChI=1S/C17H22ClF3N4O.2ClH/c18-14-8-12(17(19,20)21)10-23-15(14)24-4-6-25(7-5-24)16(26)13-3-1-2-11(13)9-22;;/h8,10-11,13H,1-7,9,22H2;2*1H/t11-,13-;;/m1../s1. The zero-order valence-corrected chi connectivity index (χ0v) is 17.5. The molecule has 1 aromatic heterocycles. The molecule has 2 atom stereocenters. The Hall–Kier alpha value is -0.960. The van der Waals surface area contributed by atoms with Crippen molar-refractivity contribution < 1.29 is 18.0 Å². The summed E-state index contributed by atoms with van der Waals surface area (Å²) >= 11 is 6.01. The lowest BCUT2D eigenvalue weighted by molar-refractivity contribution is -0.138. The van der Waals surface area contributed by atoms with Crippen molar-refractivity contribution in [1.29, 1.82) is 0 Å². The molecule has 3 rings (SSSR count). The second-order valence-electron chi connectivity index (χ2n) is 6.87. The highest BCUT2D eigenvalue weighted by Gasteiger charge is 2.36. The summed E-state index contributed by atoms with van der Waals surface area (Å²) in [6, 6.07) is 0.895. The smallest absolute Gasteiger partial charge is 0.352 e. The number of hydrogen-bond donors (Lipinski definition) is 1. The molecule has 1 saturated carbocycles. The summed E-state index contributed by atoms with van der Waals surface area (Å²) < 4.78 is 38.2. The molecule has 2 fully saturated rings. The summed E-state index contributed by atoms with van der Waals surface area (Å²) in [4.78, 5) is 20.3. The third-order valence-electron chi connectivity index (χ3n) is 5.32. The number of hydrogen-bond acceptors (Lipinski definition) is 4. The van der Waals surface area contributed by atoms with E-state index in [2.05, 4.69) is 4.98 Å². The molecule has 2 heterocycles. The lowest BCUT2D eigenvalue weighted by atomic mass is 9.94. The maximum absolute atomic E-state index is 12.7. The van der Waals surface area contributed by atoms with Gasteiger partial charge in [-0.3, -0.25) is 4.79 Å². The minimum atomic E-state index is -4.47. The lowest BCUT2D eigenvalue weighted by Gasteiger charge is -2.37. The van der Waals surface area contributed by atoms with E-state index in [9.17, 15) is 18.0 Å². The Balaban J connectivity index is 0.00000196. The van der Waals surface area contributed by atoms with E-state index < -0.39 is 11.7 Å². The number of aromatic nitrogens is 1. The summed E-state index contributed by atoms with van der Waals surface area (Å²) in [6.07, 6.45) is -0.765. The SMILES string of the molecule is Cl.Cl.NC[C@H]1CCC[C@H]1C(=O)N1CCN(c2ncc(C(F)(F)F)cc2Cl)CC1. The van der Waals surface area contributed by atoms with Gasteiger partial charge < -0.3 is 15.5 Å². The van der Waals surface area contributed by atoms with Crippen LogP contribution >= 0.6 is 36.4 Å². The first-order valence-electron chi connectivity index (χ1n) is 8.78. The van der Waals surface area contributed by atoms with Gasteiger partial charge in [-0.05, 0) is 31.4 Å². The number of amides is 1. The molecule has 28 heavy (non-hydrogen) atoms. The molecule has 160 valence electrons. The highest BCUT2D eigenvalue weighted by Crippen LogP contribution is 2.35. The van der Waals surface area contributed by atoms with Gasteiger partial charge in [0.05, 0.1) is 10.6 Å². The minimum absolute atomic E-state index is 0. The van der Waals surface area contributed by atoms with Gasteiger partial charge in [0.1, 0.15) is 5.82 Å². The van der Waals surface area contributed by atoms with Crippen molar-refractivity contribution in [3.05, 3.63) is 22.8 Å². The number of carbonyl (C=O) groups is 1. The molecule has 1 amide bonds. The monoisotopic (exact) mass is 462 g/mol. The first-order valence-corrected chi connectivity index (χ1v) is 9.15. The van der Waals surface area contributed by atoms with Crippen molar-refractivity contribution >= 4 is 48.1 Å². The largest absolute Gasteiger partial charge is 0.417 e. The Labute approximate surface area is 179 Å². The Bertz CT molecular complexity index is 670. The summed E-state index contributed by atoms with van der Waals surface area (Å²) in [5.41, 5.74) is 4.90. The van der Waals surface area contributed by atoms with Crippen LogP contribution < -0.4 is 10.6 Å². The Morgan fingerprint density at radius 3 is 2.39 bits per heavy atom. The topological polar surface area (TPSA) is 62.5 Å². The summed E-state index contributed by atoms with van der Waals surface area (Å²) in [6.45, 7) is 2.52. The van der Waals surface area contributed by atoms with Crippen LogP contribution in [0.4, 0.5) is 19.0 Å². The third kappa shape index (κ3) is 5.34. The van der Waals surface area contributed by atoms with Gasteiger partial charge >= 0.3 is 6.18 Å². The van der Waals surface area contributed by atoms with Crippen LogP contribution in [0.3, 0.4) is 0 Å². The average molecular weight is 464 g/mol. The number of halogens is 6. The molecule has 1 saturated heterocycles. The molecule has 5 nitrogen and oxygen atoms in total. The number of nitrogens with two attached hydrogens (primary N) is 1. The van der Waals surface area contributed by atoms with Crippen LogP contribution in [0.1, 0.15) is 24.8 Å². The predicted octanol–water partition coefficient (Wildman–Crippen LogP) is 3.62. The van der Waals surface area contributed by atoms with Crippen molar-refractivity contribution in [2.45, 2.75) is 25.4 Å². The molecule has 1 aliphatic heterocycles. The Morgan fingerprint density at radius 2 is 1.86 bits per heavy atom. The van der Waals surface area contributed by atoms with Crippen LogP contribution in [0.2, 0.25) is 5.02 Å². The van der Waals surface area contributed by atoms with Gasteiger partial charge in [0, 0.05) is 38.3 Å². The molecular weight excluding hydrogens is 440 g/mol. The molecule has 2 N–H and O–H groups in total. The van der Waals surface area contributed by atoms with Crippen molar-refractivity contribution in [2.75, 3.05) is 37.6 Å². The van der Waals surface area contributed by atoms with Gasteiger partial charge in [0.2, 0.25) is 5.91 Å². The average Bonchev–Trinajstić information content (AvgIpc) is 3.09. The van der Waals surface area contributed by atoms with E-state index in [1.807, 2.05) is 9.80 Å². The summed E-state index contributed by atoms with van der Waals surface area (Å²) in [7, 11) is 0. The zero-order valence-electron chi connectivity index (χ0n) is 15.1. The maximum Gasteiger partial charge on any atom is 0.417 e. The maximum atomic E-state index is 12.7. The highest BCUT2D eigenvalue weighted by atomic mass is 35.5. The molecule has 1 aliphatic carbocycles. The normalized spacial score (nSPS) is 22.5. The summed E-state index contributed by atoms with van der Waals surface area (Å²) in [5.74, 6) is 0.724. The first kappa shape index (κ1) is 25.1. The second kappa shape index (κ2) is 10.2. The van der Waals surface area contributed by atoms with E-state index in [1.165, 1.54) is 0 Å². The number of rotatable bonds is 3. The van der Waals surface area contributed by atoms with Crippen molar-refractivity contribution in [1.82, 2.24) is 9.88 Å². The molecule has 1 aromatic rings. The van der Waals surface area contributed by atoms with Crippen molar-refractivity contribution in [3.63, 3.8) is 0 Å². The molecule has 11 heteroatoms. The van der Waals surface area contributed by atoms with Crippen LogP contribution in [-0.4, -0.2) is 48.5 Å². The van der Waals surface area contributed by atoms with E-state index in [4.69, 9.17) is 17.3 Å². The quantitative estimate of drug-likeness (QED) is 0.744. The van der Waals surface area contributed by atoms with E-state index in [-0.39, 0.29) is 47.6 Å². The zero-order chi connectivity index (χ0) is 18.9. The fraction of sp³-hybridized carbons (Fsp3) is 0.647. The van der Waals surface area contributed by atoms with Crippen LogP contribution in [0.25, 0.3) is 0 Å². The molecule has 0 bridgehead atoms.